The van der Waals surface area contributed by atoms with E-state index in [1.165, 1.54) is 83.5 Å². The first kappa shape index (κ1) is 20.9. The Morgan fingerprint density at radius 1 is 0.619 bits per heavy atom. The molecule has 2 heteroatoms. The SMILES string of the molecule is CCCCCCCCCCCCCCCCOC(=S)CC. The predicted octanol–water partition coefficient (Wildman–Crippen LogP) is 7.22. The van der Waals surface area contributed by atoms with E-state index in [1.807, 2.05) is 6.92 Å². The Balaban J connectivity index is 2.98. The third-order valence-electron chi connectivity index (χ3n) is 4.05. The number of rotatable bonds is 16. The van der Waals surface area contributed by atoms with E-state index in [-0.39, 0.29) is 0 Å². The van der Waals surface area contributed by atoms with Gasteiger partial charge in [-0.25, -0.2) is 0 Å². The summed E-state index contributed by atoms with van der Waals surface area (Å²) in [4.78, 5) is 0. The summed E-state index contributed by atoms with van der Waals surface area (Å²) in [5.41, 5.74) is 0. The Labute approximate surface area is 139 Å². The van der Waals surface area contributed by atoms with Crippen LogP contribution in [0.2, 0.25) is 0 Å². The van der Waals surface area contributed by atoms with Crippen LogP contribution in [0.4, 0.5) is 0 Å². The molecule has 21 heavy (non-hydrogen) atoms. The maximum Gasteiger partial charge on any atom is 0.159 e. The van der Waals surface area contributed by atoms with Crippen LogP contribution in [-0.4, -0.2) is 11.7 Å². The molecule has 0 rings (SSSR count). The number of ether oxygens (including phenoxy) is 1. The van der Waals surface area contributed by atoms with Gasteiger partial charge in [0.05, 0.1) is 6.61 Å². The normalized spacial score (nSPS) is 10.8. The summed E-state index contributed by atoms with van der Waals surface area (Å²) in [7, 11) is 0. The summed E-state index contributed by atoms with van der Waals surface area (Å²) in [6, 6.07) is 0. The molecule has 0 unspecified atom stereocenters. The van der Waals surface area contributed by atoms with Crippen LogP contribution in [0.3, 0.4) is 0 Å². The van der Waals surface area contributed by atoms with Crippen LogP contribution in [-0.2, 0) is 4.74 Å². The van der Waals surface area contributed by atoms with Gasteiger partial charge in [0.1, 0.15) is 0 Å². The Hall–Kier alpha value is -0.110. The van der Waals surface area contributed by atoms with E-state index in [0.717, 1.165) is 24.5 Å². The molecule has 0 fully saturated rings. The standard InChI is InChI=1S/C19H38OS/c1-3-5-6-7-8-9-10-11-12-13-14-15-16-17-18-20-19(21)4-2/h3-18H2,1-2H3. The lowest BCUT2D eigenvalue weighted by atomic mass is 10.0. The van der Waals surface area contributed by atoms with Crippen LogP contribution < -0.4 is 0 Å². The fraction of sp³-hybridized carbons (Fsp3) is 0.947. The van der Waals surface area contributed by atoms with Crippen LogP contribution >= 0.6 is 12.2 Å². The van der Waals surface area contributed by atoms with E-state index < -0.39 is 0 Å². The highest BCUT2D eigenvalue weighted by atomic mass is 32.1. The van der Waals surface area contributed by atoms with Crippen molar-refractivity contribution in [1.29, 1.82) is 0 Å². The fourth-order valence-electron chi connectivity index (χ4n) is 2.58. The van der Waals surface area contributed by atoms with Crippen molar-refractivity contribution < 1.29 is 4.74 Å². The lowest BCUT2D eigenvalue weighted by molar-refractivity contribution is 0.293. The molecule has 0 aliphatic heterocycles. The zero-order valence-electron chi connectivity index (χ0n) is 14.6. The van der Waals surface area contributed by atoms with Crippen LogP contribution in [0.1, 0.15) is 110 Å². The molecule has 0 radical (unpaired) electrons. The van der Waals surface area contributed by atoms with Gasteiger partial charge in [-0.05, 0) is 18.6 Å². The first-order chi connectivity index (χ1) is 10.3. The molecule has 0 N–H and O–H groups in total. The number of hydrogen-bond donors (Lipinski definition) is 0. The summed E-state index contributed by atoms with van der Waals surface area (Å²) < 4.78 is 5.43. The van der Waals surface area contributed by atoms with Gasteiger partial charge >= 0.3 is 0 Å². The summed E-state index contributed by atoms with van der Waals surface area (Å²) in [6.07, 6.45) is 20.4. The largest absolute Gasteiger partial charge is 0.487 e. The molecule has 0 aliphatic rings. The van der Waals surface area contributed by atoms with Gasteiger partial charge in [-0.3, -0.25) is 0 Å². The third-order valence-corrected chi connectivity index (χ3v) is 4.46. The van der Waals surface area contributed by atoms with E-state index in [2.05, 4.69) is 6.92 Å². The van der Waals surface area contributed by atoms with Crippen molar-refractivity contribution in [3.63, 3.8) is 0 Å². The molecule has 126 valence electrons. The van der Waals surface area contributed by atoms with E-state index in [1.54, 1.807) is 0 Å². The lowest BCUT2D eigenvalue weighted by Gasteiger charge is -2.05. The minimum atomic E-state index is 0.768. The number of unbranched alkanes of at least 4 members (excludes halogenated alkanes) is 13. The maximum atomic E-state index is 5.43. The van der Waals surface area contributed by atoms with E-state index in [0.29, 0.717) is 0 Å². The molecule has 0 saturated carbocycles. The second-order valence-corrected chi connectivity index (χ2v) is 6.63. The summed E-state index contributed by atoms with van der Waals surface area (Å²) >= 11 is 5.03. The predicted molar refractivity (Wildman–Crippen MR) is 99.2 cm³/mol. The molecule has 0 spiro atoms. The zero-order chi connectivity index (χ0) is 15.6. The summed E-state index contributed by atoms with van der Waals surface area (Å²) in [6.45, 7) is 5.16. The Bertz CT molecular complexity index is 216. The molecule has 0 bridgehead atoms. The van der Waals surface area contributed by atoms with E-state index in [9.17, 15) is 0 Å². The van der Waals surface area contributed by atoms with Gasteiger partial charge in [0.15, 0.2) is 5.05 Å². The van der Waals surface area contributed by atoms with Crippen molar-refractivity contribution in [2.24, 2.45) is 0 Å². The molecule has 0 saturated heterocycles. The Morgan fingerprint density at radius 2 is 1.00 bits per heavy atom. The topological polar surface area (TPSA) is 9.23 Å². The lowest BCUT2D eigenvalue weighted by Crippen LogP contribution is -2.01. The molecule has 0 atom stereocenters. The molecule has 0 heterocycles. The second kappa shape index (κ2) is 17.9. The van der Waals surface area contributed by atoms with Crippen molar-refractivity contribution in [1.82, 2.24) is 0 Å². The van der Waals surface area contributed by atoms with E-state index >= 15 is 0 Å². The van der Waals surface area contributed by atoms with Crippen LogP contribution in [0.5, 0.6) is 0 Å². The number of thiocarbonyl (C=S) groups is 1. The van der Waals surface area contributed by atoms with Gasteiger partial charge in [-0.1, -0.05) is 97.3 Å². The quantitative estimate of drug-likeness (QED) is 0.220. The average Bonchev–Trinajstić information content (AvgIpc) is 2.50. The molecular weight excluding hydrogens is 276 g/mol. The highest BCUT2D eigenvalue weighted by Crippen LogP contribution is 2.12. The zero-order valence-corrected chi connectivity index (χ0v) is 15.4. The maximum absolute atomic E-state index is 5.43. The highest BCUT2D eigenvalue weighted by molar-refractivity contribution is 7.80. The second-order valence-electron chi connectivity index (χ2n) is 6.17. The van der Waals surface area contributed by atoms with Gasteiger partial charge in [0, 0.05) is 6.42 Å². The van der Waals surface area contributed by atoms with Gasteiger partial charge in [0.25, 0.3) is 0 Å². The molecule has 0 aromatic rings. The van der Waals surface area contributed by atoms with Crippen LogP contribution in [0.15, 0.2) is 0 Å². The van der Waals surface area contributed by atoms with Crippen LogP contribution in [0.25, 0.3) is 0 Å². The average molecular weight is 315 g/mol. The van der Waals surface area contributed by atoms with Crippen molar-refractivity contribution >= 4 is 17.3 Å². The Morgan fingerprint density at radius 3 is 1.38 bits per heavy atom. The Kier molecular flexibility index (Phi) is 17.8. The van der Waals surface area contributed by atoms with Crippen LogP contribution in [0, 0.1) is 0 Å². The summed E-state index contributed by atoms with van der Waals surface area (Å²) in [5.74, 6) is 0. The monoisotopic (exact) mass is 314 g/mol. The van der Waals surface area contributed by atoms with Crippen molar-refractivity contribution in [3.8, 4) is 0 Å². The molecular formula is C19H38OS. The molecule has 0 aromatic heterocycles. The summed E-state index contributed by atoms with van der Waals surface area (Å²) in [5, 5.41) is 0.768. The first-order valence-electron chi connectivity index (χ1n) is 9.46. The molecule has 1 nitrogen and oxygen atoms in total. The highest BCUT2D eigenvalue weighted by Gasteiger charge is 1.95. The van der Waals surface area contributed by atoms with Crippen molar-refractivity contribution in [3.05, 3.63) is 0 Å². The molecule has 0 amide bonds. The molecule has 0 aliphatic carbocycles. The van der Waals surface area contributed by atoms with Crippen molar-refractivity contribution in [2.75, 3.05) is 6.61 Å². The van der Waals surface area contributed by atoms with Gasteiger partial charge in [0.2, 0.25) is 0 Å². The molecule has 0 aromatic carbocycles. The number of hydrogen-bond acceptors (Lipinski definition) is 2. The van der Waals surface area contributed by atoms with Crippen molar-refractivity contribution in [2.45, 2.75) is 110 Å². The van der Waals surface area contributed by atoms with Gasteiger partial charge < -0.3 is 4.74 Å². The minimum absolute atomic E-state index is 0.768. The third kappa shape index (κ3) is 17.8. The fourth-order valence-corrected chi connectivity index (χ4v) is 2.67. The first-order valence-corrected chi connectivity index (χ1v) is 9.87. The van der Waals surface area contributed by atoms with Gasteiger partial charge in [-0.2, -0.15) is 0 Å². The smallest absolute Gasteiger partial charge is 0.159 e. The van der Waals surface area contributed by atoms with Gasteiger partial charge in [-0.15, -0.1) is 0 Å². The van der Waals surface area contributed by atoms with E-state index in [4.69, 9.17) is 17.0 Å². The minimum Gasteiger partial charge on any atom is -0.487 e.